The highest BCUT2D eigenvalue weighted by molar-refractivity contribution is 9.10. The number of carbonyl (C=O) groups excluding carboxylic acids is 1. The maximum absolute atomic E-state index is 10.3. The Balaban J connectivity index is 2.56. The Morgan fingerprint density at radius 3 is 2.71 bits per heavy atom. The van der Waals surface area contributed by atoms with Crippen molar-refractivity contribution in [3.8, 4) is 0 Å². The summed E-state index contributed by atoms with van der Waals surface area (Å²) in [5.74, 6) is 0. The fourth-order valence-corrected chi connectivity index (χ4v) is 2.77. The minimum absolute atomic E-state index is 0.404. The van der Waals surface area contributed by atoms with E-state index in [0.29, 0.717) is 5.02 Å². The van der Waals surface area contributed by atoms with Crippen molar-refractivity contribution in [1.82, 2.24) is 0 Å². The lowest BCUT2D eigenvalue weighted by molar-refractivity contribution is 0.556. The first-order valence-electron chi connectivity index (χ1n) is 4.23. The summed E-state index contributed by atoms with van der Waals surface area (Å²) in [6.07, 6.45) is 3.35. The van der Waals surface area contributed by atoms with Crippen LogP contribution in [0.4, 0.5) is 0 Å². The highest BCUT2D eigenvalue weighted by Gasteiger charge is 2.47. The van der Waals surface area contributed by atoms with Gasteiger partial charge in [0.25, 0.3) is 0 Å². The zero-order valence-corrected chi connectivity index (χ0v) is 9.60. The van der Waals surface area contributed by atoms with Crippen molar-refractivity contribution in [2.45, 2.75) is 18.4 Å². The number of aliphatic imine (C=N–C) groups is 1. The second-order valence-corrected chi connectivity index (χ2v) is 4.59. The van der Waals surface area contributed by atoms with E-state index in [-0.39, 0.29) is 0 Å². The van der Waals surface area contributed by atoms with Gasteiger partial charge in [0.2, 0.25) is 6.08 Å². The summed E-state index contributed by atoms with van der Waals surface area (Å²) in [5, 5.41) is 0.649. The minimum atomic E-state index is -0.404. The Labute approximate surface area is 95.1 Å². The van der Waals surface area contributed by atoms with E-state index in [1.54, 1.807) is 6.08 Å². The Hall–Kier alpha value is -0.630. The smallest absolute Gasteiger partial charge is 0.211 e. The molecule has 0 radical (unpaired) electrons. The summed E-state index contributed by atoms with van der Waals surface area (Å²) in [6, 6.07) is 5.57. The van der Waals surface area contributed by atoms with Crippen molar-refractivity contribution in [3.63, 3.8) is 0 Å². The zero-order valence-electron chi connectivity index (χ0n) is 7.26. The molecule has 4 heteroatoms. The molecule has 1 fully saturated rings. The van der Waals surface area contributed by atoms with Crippen LogP contribution in [0, 0.1) is 0 Å². The zero-order chi connectivity index (χ0) is 10.2. The number of rotatable bonds is 2. The van der Waals surface area contributed by atoms with Gasteiger partial charge in [0.15, 0.2) is 0 Å². The van der Waals surface area contributed by atoms with Crippen LogP contribution in [0.1, 0.15) is 18.4 Å². The maximum atomic E-state index is 10.3. The molecule has 0 spiro atoms. The molecule has 14 heavy (non-hydrogen) atoms. The SMILES string of the molecule is O=C=NC1(c2c(Cl)cccc2Br)CC1. The van der Waals surface area contributed by atoms with Gasteiger partial charge in [-0.05, 0) is 25.0 Å². The number of nitrogens with zero attached hydrogens (tertiary/aromatic N) is 1. The maximum Gasteiger partial charge on any atom is 0.235 e. The molecule has 2 nitrogen and oxygen atoms in total. The number of halogens is 2. The van der Waals surface area contributed by atoms with E-state index < -0.39 is 5.54 Å². The van der Waals surface area contributed by atoms with Gasteiger partial charge >= 0.3 is 0 Å². The first kappa shape index (κ1) is 9.91. The summed E-state index contributed by atoms with van der Waals surface area (Å²) < 4.78 is 0.904. The Kier molecular flexibility index (Phi) is 2.48. The molecule has 0 amide bonds. The molecule has 0 heterocycles. The van der Waals surface area contributed by atoms with Crippen molar-refractivity contribution in [1.29, 1.82) is 0 Å². The molecule has 0 atom stereocenters. The van der Waals surface area contributed by atoms with Gasteiger partial charge in [-0.15, -0.1) is 0 Å². The first-order chi connectivity index (χ1) is 6.69. The third kappa shape index (κ3) is 1.52. The van der Waals surface area contributed by atoms with E-state index in [2.05, 4.69) is 20.9 Å². The predicted molar refractivity (Wildman–Crippen MR) is 58.2 cm³/mol. The lowest BCUT2D eigenvalue weighted by Crippen LogP contribution is -2.04. The number of isocyanates is 1. The molecule has 1 saturated carbocycles. The van der Waals surface area contributed by atoms with Crippen molar-refractivity contribution in [2.24, 2.45) is 4.99 Å². The second kappa shape index (κ2) is 3.50. The van der Waals surface area contributed by atoms with Gasteiger partial charge < -0.3 is 0 Å². The van der Waals surface area contributed by atoms with Gasteiger partial charge in [0.1, 0.15) is 5.54 Å². The highest BCUT2D eigenvalue weighted by Crippen LogP contribution is 2.53. The molecule has 1 aliphatic carbocycles. The third-order valence-corrected chi connectivity index (χ3v) is 3.39. The summed E-state index contributed by atoms with van der Waals surface area (Å²) in [5.41, 5.74) is 0.504. The molecule has 2 rings (SSSR count). The summed E-state index contributed by atoms with van der Waals surface area (Å²) in [6.45, 7) is 0. The normalized spacial score (nSPS) is 17.3. The van der Waals surface area contributed by atoms with Crippen LogP contribution >= 0.6 is 27.5 Å². The molecule has 1 aromatic rings. The monoisotopic (exact) mass is 271 g/mol. The molecule has 0 N–H and O–H groups in total. The summed E-state index contributed by atoms with van der Waals surface area (Å²) in [7, 11) is 0. The van der Waals surface area contributed by atoms with E-state index in [1.807, 2.05) is 18.2 Å². The Morgan fingerprint density at radius 1 is 1.50 bits per heavy atom. The topological polar surface area (TPSA) is 29.4 Å². The molecule has 1 aromatic carbocycles. The Bertz CT molecular complexity index is 402. The largest absolute Gasteiger partial charge is 0.235 e. The molecular weight excluding hydrogens is 265 g/mol. The molecule has 0 aromatic heterocycles. The van der Waals surface area contributed by atoms with Crippen molar-refractivity contribution in [2.75, 3.05) is 0 Å². The van der Waals surface area contributed by atoms with Crippen molar-refractivity contribution < 1.29 is 4.79 Å². The van der Waals surface area contributed by atoms with Crippen LogP contribution in [-0.2, 0) is 10.3 Å². The minimum Gasteiger partial charge on any atom is -0.211 e. The fraction of sp³-hybridized carbons (Fsp3) is 0.300. The molecule has 72 valence electrons. The summed E-state index contributed by atoms with van der Waals surface area (Å²) >= 11 is 9.49. The fourth-order valence-electron chi connectivity index (χ4n) is 1.57. The second-order valence-electron chi connectivity index (χ2n) is 3.33. The van der Waals surface area contributed by atoms with Crippen LogP contribution in [0.25, 0.3) is 0 Å². The van der Waals surface area contributed by atoms with Crippen molar-refractivity contribution in [3.05, 3.63) is 33.3 Å². The standard InChI is InChI=1S/C10H7BrClNO/c11-7-2-1-3-8(12)9(7)10(4-5-10)13-6-14/h1-3H,4-5H2. The first-order valence-corrected chi connectivity index (χ1v) is 5.40. The van der Waals surface area contributed by atoms with E-state index in [4.69, 9.17) is 11.6 Å². The quantitative estimate of drug-likeness (QED) is 0.599. The van der Waals surface area contributed by atoms with Crippen LogP contribution in [0.3, 0.4) is 0 Å². The molecule has 0 unspecified atom stereocenters. The van der Waals surface area contributed by atoms with Crippen LogP contribution in [0.5, 0.6) is 0 Å². The van der Waals surface area contributed by atoms with Gasteiger partial charge in [0, 0.05) is 15.1 Å². The van der Waals surface area contributed by atoms with E-state index in [0.717, 1.165) is 22.9 Å². The lowest BCUT2D eigenvalue weighted by atomic mass is 10.1. The molecule has 1 aliphatic rings. The number of benzene rings is 1. The van der Waals surface area contributed by atoms with Gasteiger partial charge in [-0.3, -0.25) is 0 Å². The van der Waals surface area contributed by atoms with Crippen LogP contribution < -0.4 is 0 Å². The van der Waals surface area contributed by atoms with Gasteiger partial charge in [0.05, 0.1) is 0 Å². The molecule has 0 saturated heterocycles. The van der Waals surface area contributed by atoms with Crippen LogP contribution in [-0.4, -0.2) is 6.08 Å². The number of hydrogen-bond donors (Lipinski definition) is 0. The van der Waals surface area contributed by atoms with E-state index >= 15 is 0 Å². The summed E-state index contributed by atoms with van der Waals surface area (Å²) in [4.78, 5) is 14.1. The van der Waals surface area contributed by atoms with Crippen LogP contribution in [0.15, 0.2) is 27.7 Å². The van der Waals surface area contributed by atoms with Gasteiger partial charge in [-0.1, -0.05) is 33.6 Å². The average Bonchev–Trinajstić information content (AvgIpc) is 2.86. The van der Waals surface area contributed by atoms with Gasteiger partial charge in [-0.25, -0.2) is 4.79 Å². The average molecular weight is 273 g/mol. The third-order valence-electron chi connectivity index (χ3n) is 2.41. The molecule has 0 aliphatic heterocycles. The van der Waals surface area contributed by atoms with Crippen molar-refractivity contribution >= 4 is 33.6 Å². The lowest BCUT2D eigenvalue weighted by Gasteiger charge is -2.12. The highest BCUT2D eigenvalue weighted by atomic mass is 79.9. The predicted octanol–water partition coefficient (Wildman–Crippen LogP) is 3.43. The van der Waals surface area contributed by atoms with E-state index in [1.165, 1.54) is 0 Å². The number of hydrogen-bond acceptors (Lipinski definition) is 2. The van der Waals surface area contributed by atoms with Gasteiger partial charge in [-0.2, -0.15) is 4.99 Å². The molecule has 0 bridgehead atoms. The Morgan fingerprint density at radius 2 is 2.21 bits per heavy atom. The van der Waals surface area contributed by atoms with E-state index in [9.17, 15) is 4.79 Å². The van der Waals surface area contributed by atoms with Crippen LogP contribution in [0.2, 0.25) is 5.02 Å². The molecular formula is C10H7BrClNO.